The Labute approximate surface area is 126 Å². The Bertz CT molecular complexity index is 670. The van der Waals surface area contributed by atoms with E-state index in [0.717, 1.165) is 11.8 Å². The van der Waals surface area contributed by atoms with Gasteiger partial charge in [0.25, 0.3) is 0 Å². The van der Waals surface area contributed by atoms with Crippen LogP contribution in [-0.2, 0) is 4.79 Å². The molecule has 0 aliphatic carbocycles. The Morgan fingerprint density at radius 3 is 2.71 bits per heavy atom. The molecule has 1 N–H and O–H groups in total. The molecule has 7 heteroatoms. The average molecular weight is 309 g/mol. The van der Waals surface area contributed by atoms with Crippen molar-refractivity contribution in [1.82, 2.24) is 14.8 Å². The molecule has 5 nitrogen and oxygen atoms in total. The molecule has 1 aromatic carbocycles. The maximum Gasteiger partial charge on any atom is 0.313 e. The van der Waals surface area contributed by atoms with E-state index in [2.05, 4.69) is 10.2 Å². The second-order valence-electron chi connectivity index (χ2n) is 4.92. The molecule has 0 aliphatic rings. The molecule has 0 atom stereocenters. The molecule has 0 spiro atoms. The second kappa shape index (κ2) is 6.26. The zero-order valence-corrected chi connectivity index (χ0v) is 12.8. The van der Waals surface area contributed by atoms with E-state index in [1.54, 1.807) is 19.1 Å². The summed E-state index contributed by atoms with van der Waals surface area (Å²) in [6.07, 6.45) is 0. The van der Waals surface area contributed by atoms with Crippen molar-refractivity contribution >= 4 is 17.7 Å². The highest BCUT2D eigenvalue weighted by atomic mass is 32.2. The van der Waals surface area contributed by atoms with E-state index in [-0.39, 0.29) is 17.6 Å². The number of benzene rings is 1. The van der Waals surface area contributed by atoms with E-state index < -0.39 is 5.97 Å². The minimum absolute atomic E-state index is 0.0376. The van der Waals surface area contributed by atoms with Gasteiger partial charge in [-0.15, -0.1) is 10.2 Å². The number of aryl methyl sites for hydroxylation is 1. The van der Waals surface area contributed by atoms with Gasteiger partial charge in [-0.05, 0) is 32.4 Å². The van der Waals surface area contributed by atoms with Gasteiger partial charge in [0.2, 0.25) is 0 Å². The van der Waals surface area contributed by atoms with Crippen molar-refractivity contribution in [3.05, 3.63) is 29.6 Å². The van der Waals surface area contributed by atoms with E-state index in [1.165, 1.54) is 6.07 Å². The first-order valence-corrected chi connectivity index (χ1v) is 7.44. The number of aromatic nitrogens is 3. The molecule has 0 amide bonds. The number of hydrogen-bond donors (Lipinski definition) is 1. The highest BCUT2D eigenvalue weighted by Crippen LogP contribution is 2.28. The van der Waals surface area contributed by atoms with Crippen LogP contribution in [-0.4, -0.2) is 31.6 Å². The van der Waals surface area contributed by atoms with E-state index in [9.17, 15) is 9.18 Å². The molecule has 0 aliphatic heterocycles. The Morgan fingerprint density at radius 1 is 1.43 bits per heavy atom. The predicted octanol–water partition coefficient (Wildman–Crippen LogP) is 3.15. The summed E-state index contributed by atoms with van der Waals surface area (Å²) in [7, 11) is 0. The molecular formula is C14H16FN3O2S. The Kier molecular flexibility index (Phi) is 4.62. The van der Waals surface area contributed by atoms with Crippen LogP contribution in [0, 0.1) is 12.7 Å². The van der Waals surface area contributed by atoms with Gasteiger partial charge in [-0.3, -0.25) is 9.36 Å². The standard InChI is InChI=1S/C14H16FN3O2S/c1-8(2)18-13(10-5-4-9(3)11(15)6-10)16-17-14(18)21-7-12(19)20/h4-6,8H,7H2,1-3H3,(H,19,20). The van der Waals surface area contributed by atoms with Crippen LogP contribution in [0.4, 0.5) is 4.39 Å². The smallest absolute Gasteiger partial charge is 0.313 e. The molecular weight excluding hydrogens is 293 g/mol. The van der Waals surface area contributed by atoms with E-state index >= 15 is 0 Å². The lowest BCUT2D eigenvalue weighted by Gasteiger charge is -2.13. The monoisotopic (exact) mass is 309 g/mol. The third-order valence-corrected chi connectivity index (χ3v) is 3.86. The van der Waals surface area contributed by atoms with Crippen LogP contribution < -0.4 is 0 Å². The van der Waals surface area contributed by atoms with Crippen molar-refractivity contribution in [2.45, 2.75) is 32.0 Å². The number of carboxylic acid groups (broad SMARTS) is 1. The van der Waals surface area contributed by atoms with Crippen molar-refractivity contribution in [2.24, 2.45) is 0 Å². The third-order valence-electron chi connectivity index (χ3n) is 2.94. The summed E-state index contributed by atoms with van der Waals surface area (Å²) in [5, 5.41) is 17.4. The fourth-order valence-corrected chi connectivity index (χ4v) is 2.68. The van der Waals surface area contributed by atoms with Gasteiger partial charge in [0.15, 0.2) is 11.0 Å². The summed E-state index contributed by atoms with van der Waals surface area (Å²) in [4.78, 5) is 10.7. The maximum absolute atomic E-state index is 13.7. The minimum atomic E-state index is -0.916. The molecule has 0 unspecified atom stereocenters. The quantitative estimate of drug-likeness (QED) is 0.859. The summed E-state index contributed by atoms with van der Waals surface area (Å²) in [6, 6.07) is 4.93. The van der Waals surface area contributed by atoms with Crippen LogP contribution in [0.3, 0.4) is 0 Å². The molecule has 112 valence electrons. The number of halogens is 1. The largest absolute Gasteiger partial charge is 0.481 e. The van der Waals surface area contributed by atoms with E-state index in [1.807, 2.05) is 18.4 Å². The van der Waals surface area contributed by atoms with Crippen molar-refractivity contribution in [1.29, 1.82) is 0 Å². The fraction of sp³-hybridized carbons (Fsp3) is 0.357. The highest BCUT2D eigenvalue weighted by Gasteiger charge is 2.18. The van der Waals surface area contributed by atoms with Gasteiger partial charge in [0.1, 0.15) is 5.82 Å². The lowest BCUT2D eigenvalue weighted by atomic mass is 10.1. The molecule has 0 saturated carbocycles. The fourth-order valence-electron chi connectivity index (χ4n) is 1.90. The molecule has 1 aromatic heterocycles. The van der Waals surface area contributed by atoms with Crippen LogP contribution >= 0.6 is 11.8 Å². The van der Waals surface area contributed by atoms with Crippen LogP contribution in [0.25, 0.3) is 11.4 Å². The van der Waals surface area contributed by atoms with Crippen molar-refractivity contribution in [3.8, 4) is 11.4 Å². The summed E-state index contributed by atoms with van der Waals surface area (Å²) in [6.45, 7) is 5.59. The zero-order chi connectivity index (χ0) is 15.6. The van der Waals surface area contributed by atoms with E-state index in [4.69, 9.17) is 5.11 Å². The lowest BCUT2D eigenvalue weighted by molar-refractivity contribution is -0.133. The van der Waals surface area contributed by atoms with Gasteiger partial charge in [0.05, 0.1) is 5.75 Å². The Balaban J connectivity index is 2.43. The van der Waals surface area contributed by atoms with Crippen molar-refractivity contribution in [2.75, 3.05) is 5.75 Å². The summed E-state index contributed by atoms with van der Waals surface area (Å²) < 4.78 is 15.5. The topological polar surface area (TPSA) is 68.0 Å². The van der Waals surface area contributed by atoms with Crippen LogP contribution in [0.2, 0.25) is 0 Å². The number of hydrogen-bond acceptors (Lipinski definition) is 4. The molecule has 0 radical (unpaired) electrons. The van der Waals surface area contributed by atoms with Gasteiger partial charge in [-0.1, -0.05) is 23.9 Å². The number of carboxylic acids is 1. The minimum Gasteiger partial charge on any atom is -0.481 e. The number of carbonyl (C=O) groups is 1. The van der Waals surface area contributed by atoms with Crippen LogP contribution in [0.5, 0.6) is 0 Å². The molecule has 21 heavy (non-hydrogen) atoms. The molecule has 2 rings (SSSR count). The van der Waals surface area contributed by atoms with Gasteiger partial charge in [-0.25, -0.2) is 4.39 Å². The molecule has 0 bridgehead atoms. The zero-order valence-electron chi connectivity index (χ0n) is 12.0. The van der Waals surface area contributed by atoms with Crippen LogP contribution in [0.1, 0.15) is 25.5 Å². The number of nitrogens with zero attached hydrogens (tertiary/aromatic N) is 3. The van der Waals surface area contributed by atoms with Crippen molar-refractivity contribution in [3.63, 3.8) is 0 Å². The maximum atomic E-state index is 13.7. The first-order valence-electron chi connectivity index (χ1n) is 6.46. The Hall–Kier alpha value is -1.89. The van der Waals surface area contributed by atoms with Gasteiger partial charge in [-0.2, -0.15) is 0 Å². The summed E-state index contributed by atoms with van der Waals surface area (Å²) >= 11 is 1.10. The molecule has 0 fully saturated rings. The molecule has 1 heterocycles. The van der Waals surface area contributed by atoms with Crippen molar-refractivity contribution < 1.29 is 14.3 Å². The Morgan fingerprint density at radius 2 is 2.14 bits per heavy atom. The lowest BCUT2D eigenvalue weighted by Crippen LogP contribution is -2.07. The van der Waals surface area contributed by atoms with Gasteiger partial charge in [0, 0.05) is 11.6 Å². The third kappa shape index (κ3) is 3.41. The van der Waals surface area contributed by atoms with Gasteiger partial charge >= 0.3 is 5.97 Å². The first-order chi connectivity index (χ1) is 9.90. The number of rotatable bonds is 5. The molecule has 2 aromatic rings. The second-order valence-corrected chi connectivity index (χ2v) is 5.86. The first kappa shape index (κ1) is 15.5. The summed E-state index contributed by atoms with van der Waals surface area (Å²) in [5.41, 5.74) is 1.19. The highest BCUT2D eigenvalue weighted by molar-refractivity contribution is 7.99. The van der Waals surface area contributed by atoms with Crippen LogP contribution in [0.15, 0.2) is 23.4 Å². The average Bonchev–Trinajstić information content (AvgIpc) is 2.83. The summed E-state index contributed by atoms with van der Waals surface area (Å²) in [5.74, 6) is -0.767. The normalized spacial score (nSPS) is 11.1. The number of thioether (sulfide) groups is 1. The predicted molar refractivity (Wildman–Crippen MR) is 78.9 cm³/mol. The SMILES string of the molecule is Cc1ccc(-c2nnc(SCC(=O)O)n2C(C)C)cc1F. The van der Waals surface area contributed by atoms with E-state index in [0.29, 0.717) is 22.1 Å². The number of aliphatic carboxylic acids is 1. The van der Waals surface area contributed by atoms with Gasteiger partial charge < -0.3 is 5.11 Å². The molecule has 0 saturated heterocycles.